The molecule has 0 spiro atoms. The van der Waals surface area contributed by atoms with Crippen molar-refractivity contribution in [2.24, 2.45) is 11.8 Å². The molecule has 1 heterocycles. The molecule has 0 aromatic carbocycles. The molecule has 100 valence electrons. The number of piperidine rings is 1. The Morgan fingerprint density at radius 1 is 1.35 bits per heavy atom. The van der Waals surface area contributed by atoms with Gasteiger partial charge in [-0.25, -0.2) is 0 Å². The van der Waals surface area contributed by atoms with Gasteiger partial charge in [0.25, 0.3) is 0 Å². The molecule has 0 aromatic heterocycles. The molecule has 2 fully saturated rings. The Bertz CT molecular complexity index is 231. The summed E-state index contributed by atoms with van der Waals surface area (Å²) in [5, 5.41) is 22.4. The van der Waals surface area contributed by atoms with Crippen LogP contribution in [0.4, 0.5) is 0 Å². The quantitative estimate of drug-likeness (QED) is 0.616. The van der Waals surface area contributed by atoms with Crippen molar-refractivity contribution < 1.29 is 10.2 Å². The van der Waals surface area contributed by atoms with E-state index in [1.807, 2.05) is 6.92 Å². The smallest absolute Gasteiger partial charge is 0.0558 e. The van der Waals surface area contributed by atoms with E-state index < -0.39 is 0 Å². The Hall–Kier alpha value is -0.160. The summed E-state index contributed by atoms with van der Waals surface area (Å²) < 4.78 is 0. The van der Waals surface area contributed by atoms with Gasteiger partial charge in [-0.1, -0.05) is 0 Å². The Labute approximate surface area is 104 Å². The predicted octanol–water partition coefficient (Wildman–Crippen LogP) is 0.0496. The number of hydrogen-bond acceptors (Lipinski definition) is 4. The molecule has 0 bridgehead atoms. The van der Waals surface area contributed by atoms with Gasteiger partial charge in [0.2, 0.25) is 0 Å². The van der Waals surface area contributed by atoms with Crippen molar-refractivity contribution in [3.05, 3.63) is 0 Å². The highest BCUT2D eigenvalue weighted by Gasteiger charge is 2.30. The Kier molecular flexibility index (Phi) is 4.79. The summed E-state index contributed by atoms with van der Waals surface area (Å²) in [7, 11) is 0. The molecule has 1 saturated heterocycles. The number of nitrogens with one attached hydrogen (secondary N) is 1. The first-order chi connectivity index (χ1) is 8.19. The molecular weight excluding hydrogens is 216 g/mol. The van der Waals surface area contributed by atoms with E-state index in [2.05, 4.69) is 10.2 Å². The summed E-state index contributed by atoms with van der Waals surface area (Å²) in [5.41, 5.74) is 0. The lowest BCUT2D eigenvalue weighted by atomic mass is 9.90. The molecule has 2 aliphatic rings. The van der Waals surface area contributed by atoms with E-state index in [1.165, 1.54) is 12.8 Å². The first-order valence-electron chi connectivity index (χ1n) is 6.93. The van der Waals surface area contributed by atoms with Gasteiger partial charge >= 0.3 is 0 Å². The number of β-amino-alcohol motifs (C(OH)–C–C–N with tert-alkyl or cyclic N) is 1. The normalized spacial score (nSPS) is 32.6. The second kappa shape index (κ2) is 6.14. The largest absolute Gasteiger partial charge is 0.395 e. The predicted molar refractivity (Wildman–Crippen MR) is 67.8 cm³/mol. The highest BCUT2D eigenvalue weighted by Crippen LogP contribution is 2.28. The van der Waals surface area contributed by atoms with Gasteiger partial charge in [0.05, 0.1) is 12.7 Å². The van der Waals surface area contributed by atoms with E-state index in [1.54, 1.807) is 0 Å². The molecule has 4 nitrogen and oxygen atoms in total. The monoisotopic (exact) mass is 242 g/mol. The molecule has 3 N–H and O–H groups in total. The molecular formula is C13H26N2O2. The molecule has 17 heavy (non-hydrogen) atoms. The molecule has 0 radical (unpaired) electrons. The van der Waals surface area contributed by atoms with Gasteiger partial charge in [-0.2, -0.15) is 0 Å². The summed E-state index contributed by atoms with van der Waals surface area (Å²) in [5.74, 6) is 1.24. The molecule has 1 aliphatic carbocycles. The molecule has 4 heteroatoms. The van der Waals surface area contributed by atoms with Gasteiger partial charge in [-0.3, -0.25) is 4.90 Å². The molecule has 0 amide bonds. The second-order valence-electron chi connectivity index (χ2n) is 5.77. The maximum absolute atomic E-state index is 9.75. The highest BCUT2D eigenvalue weighted by molar-refractivity contribution is 4.87. The van der Waals surface area contributed by atoms with Crippen LogP contribution in [0.25, 0.3) is 0 Å². The van der Waals surface area contributed by atoms with Gasteiger partial charge < -0.3 is 15.5 Å². The van der Waals surface area contributed by atoms with Crippen LogP contribution in [0, 0.1) is 11.8 Å². The lowest BCUT2D eigenvalue weighted by molar-refractivity contribution is 0.0411. The van der Waals surface area contributed by atoms with Crippen LogP contribution < -0.4 is 5.32 Å². The molecule has 1 aliphatic heterocycles. The topological polar surface area (TPSA) is 55.7 Å². The van der Waals surface area contributed by atoms with Crippen molar-refractivity contribution in [3.8, 4) is 0 Å². The van der Waals surface area contributed by atoms with Crippen molar-refractivity contribution in [1.29, 1.82) is 0 Å². The van der Waals surface area contributed by atoms with Crippen LogP contribution in [-0.2, 0) is 0 Å². The molecule has 0 aromatic rings. The van der Waals surface area contributed by atoms with E-state index >= 15 is 0 Å². The SMILES string of the molecule is CC(O)C1CC(NCC2CC2)CN(CCO)C1. The zero-order valence-electron chi connectivity index (χ0n) is 10.8. The first kappa shape index (κ1) is 13.3. The second-order valence-corrected chi connectivity index (χ2v) is 5.77. The third-order valence-corrected chi connectivity index (χ3v) is 4.05. The van der Waals surface area contributed by atoms with Crippen LogP contribution in [0.3, 0.4) is 0 Å². The Morgan fingerprint density at radius 2 is 2.12 bits per heavy atom. The zero-order chi connectivity index (χ0) is 12.3. The standard InChI is InChI=1S/C13H26N2O2/c1-10(17)12-6-13(14-7-11-2-3-11)9-15(8-12)4-5-16/h10-14,16-17H,2-9H2,1H3. The number of rotatable bonds is 6. The average molecular weight is 242 g/mol. The molecule has 3 atom stereocenters. The number of aliphatic hydroxyl groups is 2. The highest BCUT2D eigenvalue weighted by atomic mass is 16.3. The summed E-state index contributed by atoms with van der Waals surface area (Å²) in [6, 6.07) is 0.482. The minimum absolute atomic E-state index is 0.210. The Morgan fingerprint density at radius 3 is 2.71 bits per heavy atom. The van der Waals surface area contributed by atoms with E-state index in [0.29, 0.717) is 12.0 Å². The number of nitrogens with zero attached hydrogens (tertiary/aromatic N) is 1. The van der Waals surface area contributed by atoms with E-state index in [0.717, 1.165) is 38.5 Å². The minimum atomic E-state index is -0.248. The third kappa shape index (κ3) is 4.21. The van der Waals surface area contributed by atoms with Crippen LogP contribution in [0.1, 0.15) is 26.2 Å². The fraction of sp³-hybridized carbons (Fsp3) is 1.00. The van der Waals surface area contributed by atoms with Crippen LogP contribution in [-0.4, -0.2) is 60.0 Å². The fourth-order valence-electron chi connectivity index (χ4n) is 2.71. The molecule has 1 saturated carbocycles. The number of likely N-dealkylation sites (tertiary alicyclic amines) is 1. The lowest BCUT2D eigenvalue weighted by Crippen LogP contribution is -2.52. The Balaban J connectivity index is 1.81. The first-order valence-corrected chi connectivity index (χ1v) is 6.93. The average Bonchev–Trinajstić information content (AvgIpc) is 3.10. The van der Waals surface area contributed by atoms with Gasteiger partial charge in [0, 0.05) is 25.7 Å². The van der Waals surface area contributed by atoms with Crippen LogP contribution in [0.5, 0.6) is 0 Å². The summed E-state index contributed by atoms with van der Waals surface area (Å²) in [4.78, 5) is 2.27. The van der Waals surface area contributed by atoms with Gasteiger partial charge in [-0.05, 0) is 44.6 Å². The van der Waals surface area contributed by atoms with E-state index in [4.69, 9.17) is 5.11 Å². The van der Waals surface area contributed by atoms with Crippen molar-refractivity contribution >= 4 is 0 Å². The summed E-state index contributed by atoms with van der Waals surface area (Å²) in [6.07, 6.45) is 3.56. The zero-order valence-corrected chi connectivity index (χ0v) is 10.8. The van der Waals surface area contributed by atoms with Crippen molar-refractivity contribution in [2.75, 3.05) is 32.8 Å². The summed E-state index contributed by atoms with van der Waals surface area (Å²) >= 11 is 0. The third-order valence-electron chi connectivity index (χ3n) is 4.05. The van der Waals surface area contributed by atoms with Gasteiger partial charge in [0.15, 0.2) is 0 Å². The van der Waals surface area contributed by atoms with E-state index in [9.17, 15) is 5.11 Å². The van der Waals surface area contributed by atoms with Crippen LogP contribution in [0.15, 0.2) is 0 Å². The fourth-order valence-corrected chi connectivity index (χ4v) is 2.71. The van der Waals surface area contributed by atoms with Crippen molar-refractivity contribution in [1.82, 2.24) is 10.2 Å². The van der Waals surface area contributed by atoms with E-state index in [-0.39, 0.29) is 12.7 Å². The van der Waals surface area contributed by atoms with Gasteiger partial charge in [-0.15, -0.1) is 0 Å². The van der Waals surface area contributed by atoms with Crippen LogP contribution in [0.2, 0.25) is 0 Å². The van der Waals surface area contributed by atoms with Crippen LogP contribution >= 0.6 is 0 Å². The summed E-state index contributed by atoms with van der Waals surface area (Å²) in [6.45, 7) is 5.87. The maximum atomic E-state index is 9.75. The molecule has 3 unspecified atom stereocenters. The number of aliphatic hydroxyl groups excluding tert-OH is 2. The number of hydrogen-bond donors (Lipinski definition) is 3. The van der Waals surface area contributed by atoms with Gasteiger partial charge in [0.1, 0.15) is 0 Å². The van der Waals surface area contributed by atoms with Crippen molar-refractivity contribution in [2.45, 2.75) is 38.3 Å². The maximum Gasteiger partial charge on any atom is 0.0558 e. The molecule has 2 rings (SSSR count). The van der Waals surface area contributed by atoms with Crippen molar-refractivity contribution in [3.63, 3.8) is 0 Å². The lowest BCUT2D eigenvalue weighted by Gasteiger charge is -2.39. The minimum Gasteiger partial charge on any atom is -0.395 e.